The van der Waals surface area contributed by atoms with Crippen molar-refractivity contribution in [3.63, 3.8) is 0 Å². The molecule has 3 rings (SSSR count). The molecule has 0 aromatic heterocycles. The van der Waals surface area contributed by atoms with Gasteiger partial charge in [0.15, 0.2) is 5.78 Å². The van der Waals surface area contributed by atoms with Crippen LogP contribution in [0.15, 0.2) is 59.7 Å². The lowest BCUT2D eigenvalue weighted by atomic mass is 9.77. The highest BCUT2D eigenvalue weighted by Gasteiger charge is 2.47. The van der Waals surface area contributed by atoms with Crippen LogP contribution in [0, 0.1) is 0 Å². The summed E-state index contributed by atoms with van der Waals surface area (Å²) in [6.07, 6.45) is 0. The molecule has 3 nitrogen and oxygen atoms in total. The first kappa shape index (κ1) is 11.7. The minimum absolute atomic E-state index is 0.0394. The molecule has 0 bridgehead atoms. The normalized spacial score (nSPS) is 23.6. The van der Waals surface area contributed by atoms with Gasteiger partial charge in [0.05, 0.1) is 5.41 Å². The Balaban J connectivity index is 2.32. The zero-order valence-corrected chi connectivity index (χ0v) is 10.6. The van der Waals surface area contributed by atoms with Gasteiger partial charge in [0, 0.05) is 5.56 Å². The Hall–Kier alpha value is -2.42. The molecule has 94 valence electrons. The van der Waals surface area contributed by atoms with Gasteiger partial charge in [-0.15, -0.1) is 0 Å². The van der Waals surface area contributed by atoms with E-state index < -0.39 is 5.41 Å². The van der Waals surface area contributed by atoms with Crippen molar-refractivity contribution in [3.05, 3.63) is 71.3 Å². The molecule has 1 aliphatic carbocycles. The molecule has 0 saturated heterocycles. The van der Waals surface area contributed by atoms with Crippen LogP contribution in [0.2, 0.25) is 0 Å². The maximum absolute atomic E-state index is 12.7. The van der Waals surface area contributed by atoms with Crippen LogP contribution in [0.5, 0.6) is 0 Å². The Kier molecular flexibility index (Phi) is 2.49. The molecule has 0 saturated carbocycles. The number of fused-ring (bicyclic) bond motifs is 1. The molecule has 0 heterocycles. The van der Waals surface area contributed by atoms with Crippen molar-refractivity contribution in [2.45, 2.75) is 12.3 Å². The van der Waals surface area contributed by atoms with Crippen molar-refractivity contribution in [1.29, 1.82) is 0 Å². The standard InChI is InChI=1S/C16H14N2O/c1-16(11-7-3-2-4-8-11)13-10-6-5-9-12(13)14(18-17)15(16)19/h2-10H,17H2,1H3/b18-14-. The first-order valence-corrected chi connectivity index (χ1v) is 6.17. The molecule has 1 unspecified atom stereocenters. The third-order valence-corrected chi connectivity index (χ3v) is 3.87. The topological polar surface area (TPSA) is 55.5 Å². The summed E-state index contributed by atoms with van der Waals surface area (Å²) in [7, 11) is 0. The summed E-state index contributed by atoms with van der Waals surface area (Å²) < 4.78 is 0. The fourth-order valence-corrected chi connectivity index (χ4v) is 2.79. The summed E-state index contributed by atoms with van der Waals surface area (Å²) in [4.78, 5) is 12.7. The molecule has 1 atom stereocenters. The van der Waals surface area contributed by atoms with Crippen LogP contribution in [0.3, 0.4) is 0 Å². The zero-order valence-electron chi connectivity index (χ0n) is 10.6. The lowest BCUT2D eigenvalue weighted by Crippen LogP contribution is -2.32. The van der Waals surface area contributed by atoms with Crippen molar-refractivity contribution in [2.75, 3.05) is 0 Å². The van der Waals surface area contributed by atoms with E-state index >= 15 is 0 Å². The third-order valence-electron chi connectivity index (χ3n) is 3.87. The largest absolute Gasteiger partial charge is 0.323 e. The van der Waals surface area contributed by atoms with Gasteiger partial charge in [-0.3, -0.25) is 4.79 Å². The van der Waals surface area contributed by atoms with Crippen LogP contribution in [-0.4, -0.2) is 11.5 Å². The number of nitrogens with two attached hydrogens (primary N) is 1. The number of rotatable bonds is 1. The molecule has 3 heteroatoms. The van der Waals surface area contributed by atoms with Crippen molar-refractivity contribution in [2.24, 2.45) is 10.9 Å². The van der Waals surface area contributed by atoms with Crippen molar-refractivity contribution >= 4 is 11.5 Å². The van der Waals surface area contributed by atoms with E-state index in [4.69, 9.17) is 5.84 Å². The maximum atomic E-state index is 12.7. The van der Waals surface area contributed by atoms with Crippen LogP contribution in [0.1, 0.15) is 23.6 Å². The highest BCUT2D eigenvalue weighted by atomic mass is 16.1. The third kappa shape index (κ3) is 1.45. The number of carbonyl (C=O) groups is 1. The fourth-order valence-electron chi connectivity index (χ4n) is 2.79. The number of benzene rings is 2. The van der Waals surface area contributed by atoms with E-state index in [9.17, 15) is 4.79 Å². The van der Waals surface area contributed by atoms with E-state index in [1.54, 1.807) is 0 Å². The van der Waals surface area contributed by atoms with Gasteiger partial charge >= 0.3 is 0 Å². The Morgan fingerprint density at radius 1 is 1.00 bits per heavy atom. The number of Topliss-reactive ketones (excluding diaryl/α,β-unsaturated/α-hetero) is 1. The molecule has 0 spiro atoms. The summed E-state index contributed by atoms with van der Waals surface area (Å²) >= 11 is 0. The molecular formula is C16H14N2O. The van der Waals surface area contributed by atoms with Crippen LogP contribution in [0.4, 0.5) is 0 Å². The number of ketones is 1. The molecule has 0 amide bonds. The molecule has 0 fully saturated rings. The summed E-state index contributed by atoms with van der Waals surface area (Å²) in [5, 5.41) is 3.70. The van der Waals surface area contributed by atoms with Gasteiger partial charge in [-0.05, 0) is 18.1 Å². The van der Waals surface area contributed by atoms with Crippen molar-refractivity contribution < 1.29 is 4.79 Å². The predicted octanol–water partition coefficient (Wildman–Crippen LogP) is 2.24. The van der Waals surface area contributed by atoms with Crippen molar-refractivity contribution in [3.8, 4) is 0 Å². The summed E-state index contributed by atoms with van der Waals surface area (Å²) in [5.74, 6) is 5.37. The van der Waals surface area contributed by atoms with Gasteiger partial charge < -0.3 is 5.84 Å². The molecule has 2 aromatic carbocycles. The zero-order chi connectivity index (χ0) is 13.5. The molecule has 2 N–H and O–H groups in total. The molecule has 0 aliphatic heterocycles. The summed E-state index contributed by atoms with van der Waals surface area (Å²) in [6.45, 7) is 1.93. The molecule has 2 aromatic rings. The predicted molar refractivity (Wildman–Crippen MR) is 75.1 cm³/mol. The van der Waals surface area contributed by atoms with Crippen LogP contribution in [0.25, 0.3) is 0 Å². The number of hydrazone groups is 1. The number of carbonyl (C=O) groups excluding carboxylic acids is 1. The molecular weight excluding hydrogens is 236 g/mol. The van der Waals surface area contributed by atoms with E-state index in [0.29, 0.717) is 5.71 Å². The van der Waals surface area contributed by atoms with Crippen LogP contribution in [-0.2, 0) is 10.2 Å². The number of nitrogens with zero attached hydrogens (tertiary/aromatic N) is 1. The first-order chi connectivity index (χ1) is 9.19. The minimum Gasteiger partial charge on any atom is -0.323 e. The second-order valence-electron chi connectivity index (χ2n) is 4.84. The molecule has 0 radical (unpaired) electrons. The smallest absolute Gasteiger partial charge is 0.198 e. The Bertz CT molecular complexity index is 676. The number of hydrogen-bond donors (Lipinski definition) is 1. The van der Waals surface area contributed by atoms with Crippen LogP contribution < -0.4 is 5.84 Å². The van der Waals surface area contributed by atoms with E-state index in [1.807, 2.05) is 61.5 Å². The lowest BCUT2D eigenvalue weighted by Gasteiger charge is -2.23. The summed E-state index contributed by atoms with van der Waals surface area (Å²) in [6, 6.07) is 17.5. The molecule has 1 aliphatic rings. The first-order valence-electron chi connectivity index (χ1n) is 6.17. The van der Waals surface area contributed by atoms with E-state index in [0.717, 1.165) is 16.7 Å². The van der Waals surface area contributed by atoms with Gasteiger partial charge in [0.1, 0.15) is 5.71 Å². The van der Waals surface area contributed by atoms with Gasteiger partial charge in [-0.1, -0.05) is 54.6 Å². The fraction of sp³-hybridized carbons (Fsp3) is 0.125. The van der Waals surface area contributed by atoms with Gasteiger partial charge in [0.2, 0.25) is 0 Å². The monoisotopic (exact) mass is 250 g/mol. The second-order valence-corrected chi connectivity index (χ2v) is 4.84. The highest BCUT2D eigenvalue weighted by molar-refractivity contribution is 6.53. The Morgan fingerprint density at radius 2 is 1.63 bits per heavy atom. The van der Waals surface area contributed by atoms with Gasteiger partial charge in [-0.25, -0.2) is 0 Å². The average molecular weight is 250 g/mol. The van der Waals surface area contributed by atoms with Gasteiger partial charge in [-0.2, -0.15) is 5.10 Å². The van der Waals surface area contributed by atoms with Crippen molar-refractivity contribution in [1.82, 2.24) is 0 Å². The van der Waals surface area contributed by atoms with E-state index in [2.05, 4.69) is 5.10 Å². The lowest BCUT2D eigenvalue weighted by molar-refractivity contribution is -0.115. The van der Waals surface area contributed by atoms with Gasteiger partial charge in [0.25, 0.3) is 0 Å². The summed E-state index contributed by atoms with van der Waals surface area (Å²) in [5.41, 5.74) is 2.43. The second kappa shape index (κ2) is 4.05. The quantitative estimate of drug-likeness (QED) is 0.623. The Morgan fingerprint density at radius 3 is 2.32 bits per heavy atom. The highest BCUT2D eigenvalue weighted by Crippen LogP contribution is 2.41. The van der Waals surface area contributed by atoms with E-state index in [-0.39, 0.29) is 5.78 Å². The average Bonchev–Trinajstić information content (AvgIpc) is 2.70. The van der Waals surface area contributed by atoms with Crippen LogP contribution >= 0.6 is 0 Å². The minimum atomic E-state index is -0.698. The number of hydrogen-bond acceptors (Lipinski definition) is 3. The maximum Gasteiger partial charge on any atom is 0.198 e. The SMILES string of the molecule is CC1(c2ccccc2)C(=O)/C(=N\N)c2ccccc21. The molecule has 19 heavy (non-hydrogen) atoms. The Labute approximate surface area is 111 Å². The van der Waals surface area contributed by atoms with E-state index in [1.165, 1.54) is 0 Å².